The van der Waals surface area contributed by atoms with E-state index in [4.69, 9.17) is 16.3 Å². The van der Waals surface area contributed by atoms with Gasteiger partial charge in [-0.3, -0.25) is 9.59 Å². The van der Waals surface area contributed by atoms with Crippen molar-refractivity contribution in [3.63, 3.8) is 0 Å². The summed E-state index contributed by atoms with van der Waals surface area (Å²) in [5.74, 6) is 0.0491. The minimum atomic E-state index is -0.408. The van der Waals surface area contributed by atoms with Gasteiger partial charge in [-0.05, 0) is 55.5 Å². The van der Waals surface area contributed by atoms with Crippen LogP contribution in [-0.4, -0.2) is 11.6 Å². The minimum absolute atomic E-state index is 0.0137. The Kier molecular flexibility index (Phi) is 5.60. The van der Waals surface area contributed by atoms with Crippen LogP contribution in [0.2, 0.25) is 5.02 Å². The zero-order valence-corrected chi connectivity index (χ0v) is 18.3. The molecule has 164 valence electrons. The molecule has 0 spiro atoms. The lowest BCUT2D eigenvalue weighted by Crippen LogP contribution is -2.36. The number of hydrogen-bond acceptors (Lipinski definition) is 4. The van der Waals surface area contributed by atoms with Crippen molar-refractivity contribution in [2.45, 2.75) is 51.0 Å². The molecular formula is C26H23ClFNO3. The summed E-state index contributed by atoms with van der Waals surface area (Å²) in [4.78, 5) is 25.8. The van der Waals surface area contributed by atoms with Gasteiger partial charge >= 0.3 is 0 Å². The lowest BCUT2D eigenvalue weighted by molar-refractivity contribution is -0.116. The number of carbonyl (C=O) groups excluding carboxylic acids is 2. The van der Waals surface area contributed by atoms with E-state index in [2.05, 4.69) is 5.32 Å². The van der Waals surface area contributed by atoms with Crippen molar-refractivity contribution in [1.82, 2.24) is 5.32 Å². The molecule has 0 saturated heterocycles. The highest BCUT2D eigenvalue weighted by Crippen LogP contribution is 2.45. The third kappa shape index (κ3) is 3.75. The Morgan fingerprint density at radius 1 is 0.906 bits per heavy atom. The third-order valence-electron chi connectivity index (χ3n) is 6.45. The number of carbonyl (C=O) groups is 2. The molecule has 32 heavy (non-hydrogen) atoms. The lowest BCUT2D eigenvalue weighted by Gasteiger charge is -2.37. The van der Waals surface area contributed by atoms with Crippen molar-refractivity contribution >= 4 is 23.2 Å². The molecule has 5 rings (SSSR count). The van der Waals surface area contributed by atoms with Gasteiger partial charge < -0.3 is 10.1 Å². The van der Waals surface area contributed by atoms with E-state index in [1.807, 2.05) is 12.1 Å². The number of ketones is 2. The standard InChI is InChI=1S/C26H23ClFNO3/c27-18-4-1-5-19(28)17(18)14-32-16-12-10-15(11-13-16)24-25-20(6-2-8-22(25)30)29-21-7-3-9-23(31)26(21)24/h1,4-5,10-13,24,29H,2-3,6-9,14H2. The molecule has 0 unspecified atom stereocenters. The Labute approximate surface area is 191 Å². The molecule has 2 aromatic carbocycles. The first-order chi connectivity index (χ1) is 15.5. The first-order valence-electron chi connectivity index (χ1n) is 11.0. The van der Waals surface area contributed by atoms with Crippen LogP contribution in [0.15, 0.2) is 65.0 Å². The monoisotopic (exact) mass is 451 g/mol. The molecule has 0 aromatic heterocycles. The molecule has 3 aliphatic rings. The van der Waals surface area contributed by atoms with E-state index in [1.165, 1.54) is 6.07 Å². The number of dihydropyridines is 1. The highest BCUT2D eigenvalue weighted by Gasteiger charge is 2.40. The van der Waals surface area contributed by atoms with Gasteiger partial charge in [-0.15, -0.1) is 0 Å². The average Bonchev–Trinajstić information content (AvgIpc) is 2.78. The summed E-state index contributed by atoms with van der Waals surface area (Å²) < 4.78 is 19.8. The second kappa shape index (κ2) is 8.55. The van der Waals surface area contributed by atoms with Crippen molar-refractivity contribution in [2.24, 2.45) is 0 Å². The number of hydrogen-bond donors (Lipinski definition) is 1. The van der Waals surface area contributed by atoms with Gasteiger partial charge in [-0.2, -0.15) is 0 Å². The largest absolute Gasteiger partial charge is 0.489 e. The van der Waals surface area contributed by atoms with Gasteiger partial charge in [0.2, 0.25) is 0 Å². The highest BCUT2D eigenvalue weighted by atomic mass is 35.5. The molecule has 6 heteroatoms. The summed E-state index contributed by atoms with van der Waals surface area (Å²) in [5.41, 5.74) is 4.60. The van der Waals surface area contributed by atoms with Crippen molar-refractivity contribution in [1.29, 1.82) is 0 Å². The van der Waals surface area contributed by atoms with E-state index >= 15 is 0 Å². The first-order valence-corrected chi connectivity index (χ1v) is 11.4. The first kappa shape index (κ1) is 21.0. The Hall–Kier alpha value is -2.92. The van der Waals surface area contributed by atoms with Crippen LogP contribution in [0.1, 0.15) is 55.6 Å². The predicted molar refractivity (Wildman–Crippen MR) is 120 cm³/mol. The highest BCUT2D eigenvalue weighted by molar-refractivity contribution is 6.31. The number of Topliss-reactive ketones (excluding diaryl/α,β-unsaturated/α-hetero) is 2. The molecule has 1 heterocycles. The zero-order valence-electron chi connectivity index (χ0n) is 17.5. The van der Waals surface area contributed by atoms with E-state index in [0.29, 0.717) is 29.2 Å². The molecule has 0 fully saturated rings. The minimum Gasteiger partial charge on any atom is -0.489 e. The Morgan fingerprint density at radius 3 is 2.12 bits per heavy atom. The number of ether oxygens (including phenoxy) is 1. The lowest BCUT2D eigenvalue weighted by atomic mass is 9.71. The number of nitrogens with one attached hydrogen (secondary N) is 1. The van der Waals surface area contributed by atoms with Crippen LogP contribution in [0.5, 0.6) is 5.75 Å². The average molecular weight is 452 g/mol. The van der Waals surface area contributed by atoms with Crippen molar-refractivity contribution in [2.75, 3.05) is 0 Å². The van der Waals surface area contributed by atoms with Crippen LogP contribution in [0.3, 0.4) is 0 Å². The molecule has 4 nitrogen and oxygen atoms in total. The molecule has 1 N–H and O–H groups in total. The van der Waals surface area contributed by atoms with Crippen molar-refractivity contribution < 1.29 is 18.7 Å². The molecule has 1 aliphatic heterocycles. The summed E-state index contributed by atoms with van der Waals surface area (Å²) in [6.07, 6.45) is 4.34. The fraction of sp³-hybridized carbons (Fsp3) is 0.308. The Bertz CT molecular complexity index is 1100. The van der Waals surface area contributed by atoms with E-state index in [9.17, 15) is 14.0 Å². The van der Waals surface area contributed by atoms with E-state index in [-0.39, 0.29) is 24.1 Å². The van der Waals surface area contributed by atoms with E-state index in [0.717, 1.165) is 53.8 Å². The number of benzene rings is 2. The number of rotatable bonds is 4. The number of halogens is 2. The molecular weight excluding hydrogens is 429 g/mol. The molecule has 0 saturated carbocycles. The van der Waals surface area contributed by atoms with Crippen LogP contribution in [0, 0.1) is 5.82 Å². The van der Waals surface area contributed by atoms with Gasteiger partial charge in [0, 0.05) is 46.9 Å². The summed E-state index contributed by atoms with van der Waals surface area (Å²) in [5, 5.41) is 3.74. The van der Waals surface area contributed by atoms with Crippen LogP contribution in [0.25, 0.3) is 0 Å². The molecule has 0 bridgehead atoms. The topological polar surface area (TPSA) is 55.4 Å². The van der Waals surface area contributed by atoms with Crippen LogP contribution < -0.4 is 10.1 Å². The third-order valence-corrected chi connectivity index (χ3v) is 6.80. The van der Waals surface area contributed by atoms with E-state index < -0.39 is 5.82 Å². The maximum Gasteiger partial charge on any atom is 0.161 e. The summed E-state index contributed by atoms with van der Waals surface area (Å²) in [6.45, 7) is 0.0137. The van der Waals surface area contributed by atoms with Gasteiger partial charge in [0.05, 0.1) is 5.02 Å². The van der Waals surface area contributed by atoms with Crippen LogP contribution in [-0.2, 0) is 16.2 Å². The van der Waals surface area contributed by atoms with Gasteiger partial charge in [0.25, 0.3) is 0 Å². The summed E-state index contributed by atoms with van der Waals surface area (Å²) in [6, 6.07) is 11.9. The van der Waals surface area contributed by atoms with Gasteiger partial charge in [0.15, 0.2) is 11.6 Å². The second-order valence-electron chi connectivity index (χ2n) is 8.45. The quantitative estimate of drug-likeness (QED) is 0.642. The maximum atomic E-state index is 14.0. The summed E-state index contributed by atoms with van der Waals surface area (Å²) in [7, 11) is 0. The number of allylic oxidation sites excluding steroid dienone is 4. The van der Waals surface area contributed by atoms with Crippen LogP contribution in [0.4, 0.5) is 4.39 Å². The molecule has 0 atom stereocenters. The fourth-order valence-electron chi connectivity index (χ4n) is 4.90. The normalized spacial score (nSPS) is 18.9. The fourth-order valence-corrected chi connectivity index (χ4v) is 5.12. The van der Waals surface area contributed by atoms with Crippen molar-refractivity contribution in [3.05, 3.63) is 87.0 Å². The Morgan fingerprint density at radius 2 is 1.53 bits per heavy atom. The predicted octanol–water partition coefficient (Wildman–Crippen LogP) is 5.76. The Balaban J connectivity index is 1.45. The van der Waals surface area contributed by atoms with Crippen LogP contribution >= 0.6 is 11.6 Å². The molecule has 2 aliphatic carbocycles. The van der Waals surface area contributed by atoms with Crippen molar-refractivity contribution in [3.8, 4) is 5.75 Å². The van der Waals surface area contributed by atoms with Gasteiger partial charge in [-0.1, -0.05) is 29.8 Å². The van der Waals surface area contributed by atoms with Gasteiger partial charge in [-0.25, -0.2) is 4.39 Å². The van der Waals surface area contributed by atoms with Gasteiger partial charge in [0.1, 0.15) is 18.2 Å². The molecule has 2 aromatic rings. The smallest absolute Gasteiger partial charge is 0.161 e. The maximum absolute atomic E-state index is 14.0. The zero-order chi connectivity index (χ0) is 22.2. The second-order valence-corrected chi connectivity index (χ2v) is 8.86. The summed E-state index contributed by atoms with van der Waals surface area (Å²) >= 11 is 6.08. The molecule has 0 amide bonds. The SMILES string of the molecule is O=C1CCCC2=C1C(c1ccc(OCc3c(F)cccc3Cl)cc1)C1=C(CCCC1=O)N2. The molecule has 0 radical (unpaired) electrons. The van der Waals surface area contributed by atoms with E-state index in [1.54, 1.807) is 24.3 Å².